The minimum absolute atomic E-state index is 0.0160. The van der Waals surface area contributed by atoms with E-state index >= 15 is 0 Å². The third-order valence-corrected chi connectivity index (χ3v) is 6.07. The molecular weight excluding hydrogens is 366 g/mol. The zero-order valence-electron chi connectivity index (χ0n) is 15.2. The number of aryl methyl sites for hydroxylation is 2. The van der Waals surface area contributed by atoms with Crippen molar-refractivity contribution >= 4 is 26.6 Å². The van der Waals surface area contributed by atoms with E-state index in [0.717, 1.165) is 5.56 Å². The molecule has 140 valence electrons. The van der Waals surface area contributed by atoms with Crippen molar-refractivity contribution in [1.82, 2.24) is 10.1 Å². The second-order valence-electron chi connectivity index (χ2n) is 6.63. The zero-order valence-corrected chi connectivity index (χ0v) is 16.0. The van der Waals surface area contributed by atoms with Crippen molar-refractivity contribution in [3.05, 3.63) is 46.9 Å². The average Bonchev–Trinajstić information content (AvgIpc) is 3.19. The molecule has 1 aliphatic heterocycles. The quantitative estimate of drug-likeness (QED) is 0.737. The van der Waals surface area contributed by atoms with Gasteiger partial charge in [0.15, 0.2) is 21.2 Å². The van der Waals surface area contributed by atoms with E-state index in [-0.39, 0.29) is 11.8 Å². The normalized spacial score (nSPS) is 18.1. The van der Waals surface area contributed by atoms with Gasteiger partial charge in [-0.15, -0.1) is 0 Å². The Morgan fingerprint density at radius 2 is 2.04 bits per heavy atom. The number of sulfone groups is 1. The van der Waals surface area contributed by atoms with Gasteiger partial charge < -0.3 is 14.6 Å². The lowest BCUT2D eigenvalue weighted by Crippen LogP contribution is -2.21. The Balaban J connectivity index is 1.75. The molecule has 0 radical (unpaired) electrons. The second-order valence-corrected chi connectivity index (χ2v) is 8.56. The first-order valence-corrected chi connectivity index (χ1v) is 10.2. The molecule has 3 heterocycles. The summed E-state index contributed by atoms with van der Waals surface area (Å²) in [5.74, 6) is 0.764. The van der Waals surface area contributed by atoms with Gasteiger partial charge in [0.2, 0.25) is 5.88 Å². The molecule has 1 N–H and O–H groups in total. The first-order chi connectivity index (χ1) is 12.9. The van der Waals surface area contributed by atoms with E-state index in [4.69, 9.17) is 9.26 Å². The van der Waals surface area contributed by atoms with Crippen molar-refractivity contribution in [2.45, 2.75) is 19.9 Å². The summed E-state index contributed by atoms with van der Waals surface area (Å²) in [5.41, 5.74) is 4.56. The summed E-state index contributed by atoms with van der Waals surface area (Å²) in [7, 11) is -1.64. The monoisotopic (exact) mass is 385 g/mol. The number of nitrogens with one attached hydrogen (secondary N) is 1. The van der Waals surface area contributed by atoms with Gasteiger partial charge in [-0.1, -0.05) is 17.3 Å². The Morgan fingerprint density at radius 3 is 2.70 bits per heavy atom. The van der Waals surface area contributed by atoms with E-state index in [1.54, 1.807) is 12.1 Å². The predicted octanol–water partition coefficient (Wildman–Crippen LogP) is 3.24. The maximum atomic E-state index is 11.6. The molecule has 1 unspecified atom stereocenters. The fraction of sp³-hybridized carbons (Fsp3) is 0.263. The van der Waals surface area contributed by atoms with Crippen LogP contribution in [0, 0.1) is 13.8 Å². The van der Waals surface area contributed by atoms with Crippen LogP contribution >= 0.6 is 0 Å². The minimum Gasteiger partial charge on any atom is -0.480 e. The van der Waals surface area contributed by atoms with E-state index < -0.39 is 9.84 Å². The highest BCUT2D eigenvalue weighted by molar-refractivity contribution is 7.94. The third-order valence-electron chi connectivity index (χ3n) is 4.67. The summed E-state index contributed by atoms with van der Waals surface area (Å²) in [6.45, 7) is 4.11. The van der Waals surface area contributed by atoms with E-state index in [9.17, 15) is 8.42 Å². The van der Waals surface area contributed by atoms with E-state index in [0.29, 0.717) is 28.4 Å². The topological polar surface area (TPSA) is 94.3 Å². The van der Waals surface area contributed by atoms with Gasteiger partial charge in [-0.3, -0.25) is 0 Å². The van der Waals surface area contributed by atoms with Gasteiger partial charge in [0.05, 0.1) is 24.6 Å². The van der Waals surface area contributed by atoms with Crippen LogP contribution < -0.4 is 10.1 Å². The molecule has 1 aromatic carbocycles. The Hall–Kier alpha value is -2.87. The molecular formula is C19H19N3O4S. The number of rotatable bonds is 4. The molecule has 27 heavy (non-hydrogen) atoms. The summed E-state index contributed by atoms with van der Waals surface area (Å²) >= 11 is 0. The van der Waals surface area contributed by atoms with Crippen LogP contribution in [0.3, 0.4) is 0 Å². The van der Waals surface area contributed by atoms with Crippen LogP contribution in [-0.2, 0) is 9.84 Å². The van der Waals surface area contributed by atoms with Gasteiger partial charge >= 0.3 is 0 Å². The zero-order chi connectivity index (χ0) is 19.2. The van der Waals surface area contributed by atoms with Gasteiger partial charge in [-0.05, 0) is 37.1 Å². The molecule has 0 saturated carbocycles. The number of ether oxygens (including phenoxy) is 1. The van der Waals surface area contributed by atoms with Crippen molar-refractivity contribution in [1.29, 1.82) is 0 Å². The molecule has 0 spiro atoms. The Labute approximate surface area is 157 Å². The highest BCUT2D eigenvalue weighted by Gasteiger charge is 2.25. The SMILES string of the molecule is COc1nc(-c2ccc(C)c(C)c2)cc2onc(NC3C=CS(=O)(=O)C3)c12. The van der Waals surface area contributed by atoms with Crippen LogP contribution in [0.4, 0.5) is 5.82 Å². The molecule has 0 saturated heterocycles. The van der Waals surface area contributed by atoms with Gasteiger partial charge in [-0.2, -0.15) is 0 Å². The third kappa shape index (κ3) is 3.28. The standard InChI is InChI=1S/C19H19N3O4S/c1-11-4-5-13(8-12(11)2)15-9-16-17(19(21-15)25-3)18(22-26-16)20-14-6-7-27(23,24)10-14/h4-9,14H,10H2,1-3H3,(H,20,22). The number of fused-ring (bicyclic) bond motifs is 1. The number of anilines is 1. The molecule has 0 fully saturated rings. The van der Waals surface area contributed by atoms with Crippen LogP contribution in [0.2, 0.25) is 0 Å². The average molecular weight is 385 g/mol. The van der Waals surface area contributed by atoms with E-state index in [1.165, 1.54) is 23.6 Å². The second kappa shape index (κ2) is 6.38. The van der Waals surface area contributed by atoms with E-state index in [2.05, 4.69) is 28.4 Å². The molecule has 7 nitrogen and oxygen atoms in total. The molecule has 0 aliphatic carbocycles. The van der Waals surface area contributed by atoms with Crippen LogP contribution in [0.5, 0.6) is 5.88 Å². The van der Waals surface area contributed by atoms with Crippen molar-refractivity contribution in [2.75, 3.05) is 18.2 Å². The smallest absolute Gasteiger partial charge is 0.228 e. The molecule has 3 aromatic rings. The lowest BCUT2D eigenvalue weighted by Gasteiger charge is -2.10. The number of aromatic nitrogens is 2. The van der Waals surface area contributed by atoms with Crippen molar-refractivity contribution in [3.63, 3.8) is 0 Å². The fourth-order valence-electron chi connectivity index (χ4n) is 3.07. The molecule has 8 heteroatoms. The predicted molar refractivity (Wildman–Crippen MR) is 104 cm³/mol. The number of nitrogens with zero attached hydrogens (tertiary/aromatic N) is 2. The van der Waals surface area contributed by atoms with Crippen LogP contribution in [0.1, 0.15) is 11.1 Å². The Morgan fingerprint density at radius 1 is 1.22 bits per heavy atom. The lowest BCUT2D eigenvalue weighted by atomic mass is 10.0. The van der Waals surface area contributed by atoms with Crippen molar-refractivity contribution in [2.24, 2.45) is 0 Å². The minimum atomic E-state index is -3.17. The highest BCUT2D eigenvalue weighted by atomic mass is 32.2. The van der Waals surface area contributed by atoms with Gasteiger partial charge in [0.1, 0.15) is 5.39 Å². The first kappa shape index (κ1) is 17.5. The largest absolute Gasteiger partial charge is 0.480 e. The number of methoxy groups -OCH3 is 1. The maximum absolute atomic E-state index is 11.6. The number of hydrogen-bond donors (Lipinski definition) is 1. The first-order valence-electron chi connectivity index (χ1n) is 8.46. The van der Waals surface area contributed by atoms with Crippen LogP contribution in [0.25, 0.3) is 22.2 Å². The summed E-state index contributed by atoms with van der Waals surface area (Å²) in [6.07, 6.45) is 1.60. The molecule has 0 bridgehead atoms. The molecule has 1 atom stereocenters. The summed E-state index contributed by atoms with van der Waals surface area (Å²) in [6, 6.07) is 7.55. The van der Waals surface area contributed by atoms with Gasteiger partial charge in [0, 0.05) is 17.0 Å². The molecule has 0 amide bonds. The Kier molecular flexibility index (Phi) is 4.15. The van der Waals surface area contributed by atoms with Crippen molar-refractivity contribution in [3.8, 4) is 17.1 Å². The van der Waals surface area contributed by atoms with Crippen molar-refractivity contribution < 1.29 is 17.7 Å². The van der Waals surface area contributed by atoms with Crippen LogP contribution in [0.15, 0.2) is 40.3 Å². The Bertz CT molecular complexity index is 1170. The summed E-state index contributed by atoms with van der Waals surface area (Å²) in [4.78, 5) is 4.60. The lowest BCUT2D eigenvalue weighted by molar-refractivity contribution is 0.403. The summed E-state index contributed by atoms with van der Waals surface area (Å²) < 4.78 is 34.1. The molecule has 2 aromatic heterocycles. The number of benzene rings is 1. The molecule has 1 aliphatic rings. The van der Waals surface area contributed by atoms with Crippen LogP contribution in [-0.4, -0.2) is 37.5 Å². The van der Waals surface area contributed by atoms with Gasteiger partial charge in [-0.25, -0.2) is 13.4 Å². The van der Waals surface area contributed by atoms with E-state index in [1.807, 2.05) is 19.1 Å². The number of hydrogen-bond acceptors (Lipinski definition) is 7. The summed E-state index contributed by atoms with van der Waals surface area (Å²) in [5, 5.41) is 8.92. The maximum Gasteiger partial charge on any atom is 0.228 e. The number of pyridine rings is 1. The molecule has 4 rings (SSSR count). The highest BCUT2D eigenvalue weighted by Crippen LogP contribution is 2.35. The fourth-order valence-corrected chi connectivity index (χ4v) is 4.30. The van der Waals surface area contributed by atoms with Gasteiger partial charge in [0.25, 0.3) is 0 Å².